The molecular formula is C12H17N3O3. The first kappa shape index (κ1) is 12.6. The number of carboxylic acids is 1. The Hall–Kier alpha value is -1.85. The van der Waals surface area contributed by atoms with Gasteiger partial charge in [-0.1, -0.05) is 6.92 Å². The average molecular weight is 251 g/mol. The smallest absolute Gasteiger partial charge is 0.326 e. The van der Waals surface area contributed by atoms with Gasteiger partial charge in [0.1, 0.15) is 6.04 Å². The third-order valence-corrected chi connectivity index (χ3v) is 3.68. The summed E-state index contributed by atoms with van der Waals surface area (Å²) < 4.78 is 1.61. The van der Waals surface area contributed by atoms with Gasteiger partial charge in [0.2, 0.25) is 0 Å². The third kappa shape index (κ3) is 1.87. The molecular weight excluding hydrogens is 234 g/mol. The van der Waals surface area contributed by atoms with Crippen LogP contribution in [0.15, 0.2) is 6.20 Å². The van der Waals surface area contributed by atoms with Gasteiger partial charge in [-0.3, -0.25) is 9.48 Å². The van der Waals surface area contributed by atoms with Gasteiger partial charge in [0, 0.05) is 19.3 Å². The molecule has 98 valence electrons. The van der Waals surface area contributed by atoms with Crippen molar-refractivity contribution >= 4 is 11.9 Å². The summed E-state index contributed by atoms with van der Waals surface area (Å²) in [6.45, 7) is 4.16. The first-order chi connectivity index (χ1) is 8.43. The summed E-state index contributed by atoms with van der Waals surface area (Å²) in [5, 5.41) is 13.2. The molecule has 1 N–H and O–H groups in total. The SMILES string of the molecule is Cc1c(C(=O)N2CCC(C)C2C(=O)O)cnn1C. The van der Waals surface area contributed by atoms with E-state index in [4.69, 9.17) is 0 Å². The lowest BCUT2D eigenvalue weighted by Crippen LogP contribution is -2.42. The van der Waals surface area contributed by atoms with Crippen molar-refractivity contribution in [2.75, 3.05) is 6.54 Å². The van der Waals surface area contributed by atoms with Gasteiger partial charge in [-0.05, 0) is 19.3 Å². The van der Waals surface area contributed by atoms with Gasteiger partial charge in [-0.25, -0.2) is 4.79 Å². The molecule has 0 aliphatic carbocycles. The number of aryl methyl sites for hydroxylation is 1. The van der Waals surface area contributed by atoms with E-state index in [1.54, 1.807) is 18.7 Å². The van der Waals surface area contributed by atoms with E-state index >= 15 is 0 Å². The van der Waals surface area contributed by atoms with Crippen LogP contribution in [0.1, 0.15) is 29.4 Å². The molecule has 6 nitrogen and oxygen atoms in total. The van der Waals surface area contributed by atoms with E-state index in [1.165, 1.54) is 11.1 Å². The van der Waals surface area contributed by atoms with Crippen LogP contribution in [0.5, 0.6) is 0 Å². The zero-order valence-electron chi connectivity index (χ0n) is 10.8. The number of carboxylic acid groups (broad SMARTS) is 1. The molecule has 2 rings (SSSR count). The number of aromatic nitrogens is 2. The zero-order valence-corrected chi connectivity index (χ0v) is 10.8. The largest absolute Gasteiger partial charge is 0.480 e. The number of hydrogen-bond donors (Lipinski definition) is 1. The van der Waals surface area contributed by atoms with E-state index < -0.39 is 12.0 Å². The third-order valence-electron chi connectivity index (χ3n) is 3.68. The second-order valence-corrected chi connectivity index (χ2v) is 4.81. The van der Waals surface area contributed by atoms with Crippen LogP contribution in [0.2, 0.25) is 0 Å². The predicted molar refractivity (Wildman–Crippen MR) is 64.2 cm³/mol. The minimum absolute atomic E-state index is 0.0107. The maximum Gasteiger partial charge on any atom is 0.326 e. The molecule has 18 heavy (non-hydrogen) atoms. The van der Waals surface area contributed by atoms with Gasteiger partial charge in [-0.15, -0.1) is 0 Å². The van der Waals surface area contributed by atoms with Crippen LogP contribution >= 0.6 is 0 Å². The quantitative estimate of drug-likeness (QED) is 0.838. The Kier molecular flexibility index (Phi) is 3.11. The molecule has 2 atom stereocenters. The molecule has 2 unspecified atom stereocenters. The van der Waals surface area contributed by atoms with Gasteiger partial charge in [0.05, 0.1) is 11.8 Å². The molecule has 1 aromatic rings. The van der Waals surface area contributed by atoms with Crippen LogP contribution in [0.3, 0.4) is 0 Å². The number of likely N-dealkylation sites (tertiary alicyclic amines) is 1. The van der Waals surface area contributed by atoms with Crippen molar-refractivity contribution in [3.8, 4) is 0 Å². The maximum absolute atomic E-state index is 12.4. The van der Waals surface area contributed by atoms with Gasteiger partial charge in [0.25, 0.3) is 5.91 Å². The molecule has 1 fully saturated rings. The summed E-state index contributed by atoms with van der Waals surface area (Å²) in [4.78, 5) is 25.0. The summed E-state index contributed by atoms with van der Waals surface area (Å²) in [5.41, 5.74) is 1.24. The molecule has 6 heteroatoms. The number of carbonyl (C=O) groups excluding carboxylic acids is 1. The summed E-state index contributed by atoms with van der Waals surface area (Å²) in [6, 6.07) is -0.725. The van der Waals surface area contributed by atoms with E-state index in [1.807, 2.05) is 6.92 Å². The topological polar surface area (TPSA) is 75.4 Å². The van der Waals surface area contributed by atoms with Crippen LogP contribution in [-0.4, -0.2) is 44.3 Å². The summed E-state index contributed by atoms with van der Waals surface area (Å²) in [5.74, 6) is -1.18. The Morgan fingerprint density at radius 3 is 2.67 bits per heavy atom. The monoisotopic (exact) mass is 251 g/mol. The van der Waals surface area contributed by atoms with Crippen molar-refractivity contribution < 1.29 is 14.7 Å². The molecule has 1 amide bonds. The second kappa shape index (κ2) is 4.44. The summed E-state index contributed by atoms with van der Waals surface area (Å²) in [7, 11) is 1.76. The Labute approximate surface area is 105 Å². The molecule has 1 aliphatic heterocycles. The zero-order chi connectivity index (χ0) is 13.4. The minimum Gasteiger partial charge on any atom is -0.480 e. The Balaban J connectivity index is 2.29. The van der Waals surface area contributed by atoms with Gasteiger partial charge in [0.15, 0.2) is 0 Å². The Morgan fingerprint density at radius 2 is 2.17 bits per heavy atom. The average Bonchev–Trinajstić information content (AvgIpc) is 2.83. The molecule has 0 aromatic carbocycles. The molecule has 0 saturated carbocycles. The number of hydrogen-bond acceptors (Lipinski definition) is 3. The number of amides is 1. The summed E-state index contributed by atoms with van der Waals surface area (Å²) in [6.07, 6.45) is 2.22. The van der Waals surface area contributed by atoms with Gasteiger partial charge >= 0.3 is 5.97 Å². The number of nitrogens with zero attached hydrogens (tertiary/aromatic N) is 3. The van der Waals surface area contributed by atoms with Crippen molar-refractivity contribution in [1.29, 1.82) is 0 Å². The number of rotatable bonds is 2. The Morgan fingerprint density at radius 1 is 1.50 bits per heavy atom. The lowest BCUT2D eigenvalue weighted by Gasteiger charge is -2.23. The van der Waals surface area contributed by atoms with Gasteiger partial charge in [-0.2, -0.15) is 5.10 Å². The highest BCUT2D eigenvalue weighted by Gasteiger charge is 2.40. The highest BCUT2D eigenvalue weighted by molar-refractivity contribution is 5.97. The molecule has 0 spiro atoms. The Bertz CT molecular complexity index is 495. The first-order valence-corrected chi connectivity index (χ1v) is 5.96. The van der Waals surface area contributed by atoms with E-state index in [2.05, 4.69) is 5.10 Å². The second-order valence-electron chi connectivity index (χ2n) is 4.81. The standard InChI is InChI=1S/C12H17N3O3/c1-7-4-5-15(10(7)12(17)18)11(16)9-6-13-14(3)8(9)2/h6-7,10H,4-5H2,1-3H3,(H,17,18). The fourth-order valence-electron chi connectivity index (χ4n) is 2.41. The van der Waals surface area contributed by atoms with Crippen LogP contribution in [0.25, 0.3) is 0 Å². The van der Waals surface area contributed by atoms with E-state index in [9.17, 15) is 14.7 Å². The predicted octanol–water partition coefficient (Wildman–Crippen LogP) is 0.664. The normalized spacial score (nSPS) is 23.4. The maximum atomic E-state index is 12.4. The molecule has 0 bridgehead atoms. The van der Waals surface area contributed by atoms with Crippen molar-refractivity contribution in [3.05, 3.63) is 17.5 Å². The fourth-order valence-corrected chi connectivity index (χ4v) is 2.41. The van der Waals surface area contributed by atoms with Crippen LogP contribution < -0.4 is 0 Å². The molecule has 1 saturated heterocycles. The lowest BCUT2D eigenvalue weighted by atomic mass is 10.0. The molecule has 1 aliphatic rings. The van der Waals surface area contributed by atoms with Crippen molar-refractivity contribution in [2.45, 2.75) is 26.3 Å². The first-order valence-electron chi connectivity index (χ1n) is 5.96. The lowest BCUT2D eigenvalue weighted by molar-refractivity contribution is -0.142. The van der Waals surface area contributed by atoms with Crippen LogP contribution in [0, 0.1) is 12.8 Å². The molecule has 0 radical (unpaired) electrons. The highest BCUT2D eigenvalue weighted by atomic mass is 16.4. The minimum atomic E-state index is -0.935. The highest BCUT2D eigenvalue weighted by Crippen LogP contribution is 2.26. The van der Waals surface area contributed by atoms with E-state index in [0.29, 0.717) is 12.1 Å². The van der Waals surface area contributed by atoms with Crippen molar-refractivity contribution in [3.63, 3.8) is 0 Å². The van der Waals surface area contributed by atoms with E-state index in [-0.39, 0.29) is 11.8 Å². The van der Waals surface area contributed by atoms with Gasteiger partial charge < -0.3 is 10.0 Å². The number of aliphatic carboxylic acids is 1. The van der Waals surface area contributed by atoms with Crippen LogP contribution in [0.4, 0.5) is 0 Å². The number of carbonyl (C=O) groups is 2. The molecule has 1 aromatic heterocycles. The van der Waals surface area contributed by atoms with E-state index in [0.717, 1.165) is 12.1 Å². The van der Waals surface area contributed by atoms with Crippen molar-refractivity contribution in [2.24, 2.45) is 13.0 Å². The van der Waals surface area contributed by atoms with Crippen molar-refractivity contribution in [1.82, 2.24) is 14.7 Å². The summed E-state index contributed by atoms with van der Waals surface area (Å²) >= 11 is 0. The fraction of sp³-hybridized carbons (Fsp3) is 0.583. The molecule has 2 heterocycles. The van der Waals surface area contributed by atoms with Crippen LogP contribution in [-0.2, 0) is 11.8 Å².